The zero-order valence-electron chi connectivity index (χ0n) is 15.0. The van der Waals surface area contributed by atoms with E-state index < -0.39 is 33.5 Å². The Morgan fingerprint density at radius 3 is 2.00 bits per heavy atom. The summed E-state index contributed by atoms with van der Waals surface area (Å²) >= 11 is 0. The zero-order valence-corrected chi connectivity index (χ0v) is 17.6. The third kappa shape index (κ3) is 6.24. The fraction of sp³-hybridized carbons (Fsp3) is 0.294. The van der Waals surface area contributed by atoms with Gasteiger partial charge in [0.25, 0.3) is 0 Å². The number of hydrogen-bond acceptors (Lipinski definition) is 5. The molecule has 0 spiro atoms. The number of nitrogens with zero attached hydrogens (tertiary/aromatic N) is 1. The Morgan fingerprint density at radius 2 is 1.54 bits per heavy atom. The van der Waals surface area contributed by atoms with Gasteiger partial charge in [0.05, 0.1) is 5.75 Å². The molecule has 0 heterocycles. The quantitative estimate of drug-likeness (QED) is 0.652. The molecule has 26 heavy (non-hydrogen) atoms. The van der Waals surface area contributed by atoms with Crippen molar-refractivity contribution in [1.29, 1.82) is 4.78 Å². The highest BCUT2D eigenvalue weighted by atomic mass is 32.2. The van der Waals surface area contributed by atoms with Crippen LogP contribution in [-0.2, 0) is 20.0 Å². The molecule has 0 aromatic heterocycles. The monoisotopic (exact) mass is 412 g/mol. The first-order valence-electron chi connectivity index (χ1n) is 8.04. The van der Waals surface area contributed by atoms with Crippen molar-refractivity contribution in [3.63, 3.8) is 0 Å². The molecule has 0 saturated carbocycles. The van der Waals surface area contributed by atoms with Gasteiger partial charge in [-0.05, 0) is 37.3 Å². The Bertz CT molecular complexity index is 949. The molecule has 0 saturated heterocycles. The van der Waals surface area contributed by atoms with Gasteiger partial charge in [-0.15, -0.1) is 0 Å². The molecule has 0 aliphatic heterocycles. The van der Waals surface area contributed by atoms with Gasteiger partial charge < -0.3 is 8.74 Å². The third-order valence-electron chi connectivity index (χ3n) is 3.30. The van der Waals surface area contributed by atoms with Gasteiger partial charge in [-0.2, -0.15) is 0 Å². The van der Waals surface area contributed by atoms with E-state index in [1.807, 2.05) is 19.6 Å². The summed E-state index contributed by atoms with van der Waals surface area (Å²) in [5.41, 5.74) is 0.463. The van der Waals surface area contributed by atoms with E-state index in [9.17, 15) is 13.0 Å². The maximum absolute atomic E-state index is 13.5. The molecule has 0 amide bonds. The van der Waals surface area contributed by atoms with E-state index in [1.165, 1.54) is 0 Å². The summed E-state index contributed by atoms with van der Waals surface area (Å²) in [5.74, 6) is 0.0513. The topological polar surface area (TPSA) is 99.8 Å². The molecule has 3 unspecified atom stereocenters. The lowest BCUT2D eigenvalue weighted by atomic mass is 10.2. The first-order chi connectivity index (χ1) is 12.0. The molecule has 2 aromatic carbocycles. The minimum Gasteiger partial charge on any atom is -0.396 e. The van der Waals surface area contributed by atoms with E-state index in [0.717, 1.165) is 0 Å². The minimum absolute atomic E-state index is 0.324. The standard InChI is InChI=1S/C17H24N2O4S2Si/c1-26(2,3)19-24(20,23-16-12-8-5-9-13-16)14-17(25(18,21)22)15-10-6-4-7-11-15/h4-13,17H,14H2,1-3H3,(H2,18,21,22). The van der Waals surface area contributed by atoms with Crippen molar-refractivity contribution in [2.75, 3.05) is 5.75 Å². The van der Waals surface area contributed by atoms with Crippen LogP contribution in [0.15, 0.2) is 64.7 Å². The van der Waals surface area contributed by atoms with Crippen molar-refractivity contribution in [2.45, 2.75) is 24.9 Å². The summed E-state index contributed by atoms with van der Waals surface area (Å²) in [6, 6.07) is 17.1. The number of para-hydroxylation sites is 1. The van der Waals surface area contributed by atoms with Crippen LogP contribution < -0.4 is 4.18 Å². The Morgan fingerprint density at radius 1 is 1.04 bits per heavy atom. The molecule has 9 heteroatoms. The highest BCUT2D eigenvalue weighted by molar-refractivity contribution is 7.92. The van der Waals surface area contributed by atoms with E-state index in [4.69, 9.17) is 8.96 Å². The second kappa shape index (κ2) is 7.91. The van der Waals surface area contributed by atoms with Gasteiger partial charge in [0, 0.05) is 0 Å². The fourth-order valence-corrected chi connectivity index (χ4v) is 8.99. The molecule has 0 aliphatic rings. The SMILES string of the molecule is C[Si](C)(C)N=S(=O)(CC(c1ccccc1)S(=N)(=O)O)Oc1ccccc1. The molecule has 0 bridgehead atoms. The van der Waals surface area contributed by atoms with Crippen molar-refractivity contribution in [3.8, 4) is 5.75 Å². The van der Waals surface area contributed by atoms with Gasteiger partial charge >= 0.3 is 0 Å². The molecule has 0 radical (unpaired) electrons. The van der Waals surface area contributed by atoms with E-state index >= 15 is 0 Å². The van der Waals surface area contributed by atoms with Gasteiger partial charge in [-0.25, -0.2) is 17.2 Å². The lowest BCUT2D eigenvalue weighted by molar-refractivity contribution is 0.527. The van der Waals surface area contributed by atoms with E-state index in [1.54, 1.807) is 60.7 Å². The maximum Gasteiger partial charge on any atom is 0.199 e. The second-order valence-electron chi connectivity index (χ2n) is 6.88. The van der Waals surface area contributed by atoms with Crippen LogP contribution in [0, 0.1) is 4.78 Å². The van der Waals surface area contributed by atoms with Crippen LogP contribution in [0.1, 0.15) is 10.8 Å². The van der Waals surface area contributed by atoms with E-state index in [2.05, 4.69) is 4.03 Å². The Kier molecular flexibility index (Phi) is 6.27. The van der Waals surface area contributed by atoms with E-state index in [-0.39, 0.29) is 5.75 Å². The number of nitrogens with one attached hydrogen (secondary N) is 1. The Balaban J connectivity index is 2.51. The van der Waals surface area contributed by atoms with Crippen molar-refractivity contribution >= 4 is 28.3 Å². The summed E-state index contributed by atoms with van der Waals surface area (Å²) in [7, 11) is -9.49. The lowest BCUT2D eigenvalue weighted by Gasteiger charge is -2.22. The predicted octanol–water partition coefficient (Wildman–Crippen LogP) is 4.54. The molecule has 3 atom stereocenters. The third-order valence-corrected chi connectivity index (χ3v) is 9.23. The molecule has 2 aromatic rings. The van der Waals surface area contributed by atoms with Crippen LogP contribution in [-0.4, -0.2) is 27.0 Å². The zero-order chi connectivity index (χ0) is 19.4. The first-order valence-corrected chi connectivity index (χ1v) is 14.7. The molecular weight excluding hydrogens is 388 g/mol. The van der Waals surface area contributed by atoms with Crippen LogP contribution >= 0.6 is 0 Å². The Labute approximate surface area is 156 Å². The number of hydrogen-bond donors (Lipinski definition) is 2. The lowest BCUT2D eigenvalue weighted by Crippen LogP contribution is -2.29. The molecule has 2 N–H and O–H groups in total. The van der Waals surface area contributed by atoms with Gasteiger partial charge in [-0.1, -0.05) is 48.5 Å². The first kappa shape index (κ1) is 20.6. The van der Waals surface area contributed by atoms with Gasteiger partial charge in [0.2, 0.25) is 0 Å². The molecule has 0 aliphatic carbocycles. The average molecular weight is 413 g/mol. The van der Waals surface area contributed by atoms with E-state index in [0.29, 0.717) is 11.3 Å². The smallest absolute Gasteiger partial charge is 0.199 e. The van der Waals surface area contributed by atoms with Gasteiger partial charge in [0.15, 0.2) is 28.3 Å². The number of rotatable bonds is 7. The maximum atomic E-state index is 13.5. The second-order valence-corrected chi connectivity index (χ2v) is 15.3. The summed E-state index contributed by atoms with van der Waals surface area (Å²) < 4.78 is 53.5. The van der Waals surface area contributed by atoms with Crippen LogP contribution in [0.5, 0.6) is 5.75 Å². The van der Waals surface area contributed by atoms with Gasteiger partial charge in [0.1, 0.15) is 11.0 Å². The number of benzene rings is 2. The van der Waals surface area contributed by atoms with Crippen LogP contribution in [0.2, 0.25) is 19.6 Å². The minimum atomic E-state index is -4.00. The van der Waals surface area contributed by atoms with Crippen LogP contribution in [0.3, 0.4) is 0 Å². The van der Waals surface area contributed by atoms with Crippen molar-refractivity contribution in [3.05, 3.63) is 66.2 Å². The molecular formula is C17H24N2O4S2Si. The van der Waals surface area contributed by atoms with Crippen molar-refractivity contribution < 1.29 is 17.2 Å². The molecule has 6 nitrogen and oxygen atoms in total. The van der Waals surface area contributed by atoms with Crippen molar-refractivity contribution in [1.82, 2.24) is 0 Å². The summed E-state index contributed by atoms with van der Waals surface area (Å²) in [6.45, 7) is 5.74. The Hall–Kier alpha value is -1.68. The van der Waals surface area contributed by atoms with Gasteiger partial charge in [-0.3, -0.25) is 0 Å². The highest BCUT2D eigenvalue weighted by Crippen LogP contribution is 2.27. The fourth-order valence-electron chi connectivity index (χ4n) is 2.37. The summed E-state index contributed by atoms with van der Waals surface area (Å²) in [5, 5.41) is -1.17. The van der Waals surface area contributed by atoms with Crippen LogP contribution in [0.25, 0.3) is 0 Å². The average Bonchev–Trinajstić information content (AvgIpc) is 2.51. The van der Waals surface area contributed by atoms with Crippen LogP contribution in [0.4, 0.5) is 0 Å². The normalized spacial score (nSPS) is 17.5. The summed E-state index contributed by atoms with van der Waals surface area (Å²) in [4.78, 5) is 0. The predicted molar refractivity (Wildman–Crippen MR) is 109 cm³/mol. The molecule has 0 fully saturated rings. The van der Waals surface area contributed by atoms with Crippen molar-refractivity contribution in [2.24, 2.45) is 4.03 Å². The molecule has 2 rings (SSSR count). The summed E-state index contributed by atoms with van der Waals surface area (Å²) in [6.07, 6.45) is 0. The molecule has 142 valence electrons. The highest BCUT2D eigenvalue weighted by Gasteiger charge is 2.30. The largest absolute Gasteiger partial charge is 0.396 e.